The molecule has 20 heavy (non-hydrogen) atoms. The normalized spacial score (nSPS) is 23.7. The average Bonchev–Trinajstić information content (AvgIpc) is 2.91. The Morgan fingerprint density at radius 3 is 2.60 bits per heavy atom. The molecule has 0 aromatic heterocycles. The second-order valence-electron chi connectivity index (χ2n) is 5.29. The van der Waals surface area contributed by atoms with Gasteiger partial charge in [-0.3, -0.25) is 14.4 Å². The van der Waals surface area contributed by atoms with Crippen molar-refractivity contribution in [2.24, 2.45) is 0 Å². The molecule has 0 aliphatic carbocycles. The molecule has 2 rings (SSSR count). The molecule has 112 valence electrons. The van der Waals surface area contributed by atoms with Crippen molar-refractivity contribution < 1.29 is 19.5 Å². The van der Waals surface area contributed by atoms with Crippen LogP contribution in [0.4, 0.5) is 0 Å². The lowest BCUT2D eigenvalue weighted by Gasteiger charge is -2.34. The van der Waals surface area contributed by atoms with E-state index >= 15 is 0 Å². The molecule has 1 unspecified atom stereocenters. The Morgan fingerprint density at radius 1 is 1.25 bits per heavy atom. The Hall–Kier alpha value is -1.63. The van der Waals surface area contributed by atoms with E-state index in [1.807, 2.05) is 0 Å². The number of carboxylic acid groups (broad SMARTS) is 1. The van der Waals surface area contributed by atoms with Gasteiger partial charge in [-0.15, -0.1) is 0 Å². The first-order valence-electron chi connectivity index (χ1n) is 7.09. The number of nitrogens with zero attached hydrogens (tertiary/aromatic N) is 2. The maximum absolute atomic E-state index is 12.2. The van der Waals surface area contributed by atoms with Crippen LogP contribution in [0.1, 0.15) is 25.7 Å². The zero-order valence-electron chi connectivity index (χ0n) is 11.5. The molecule has 2 aliphatic rings. The Bertz CT molecular complexity index is 393. The molecule has 7 heteroatoms. The summed E-state index contributed by atoms with van der Waals surface area (Å²) in [7, 11) is 0. The smallest absolute Gasteiger partial charge is 0.305 e. The number of likely N-dealkylation sites (tertiary alicyclic amines) is 1. The predicted octanol–water partition coefficient (Wildman–Crippen LogP) is -0.726. The van der Waals surface area contributed by atoms with E-state index in [0.29, 0.717) is 26.1 Å². The molecule has 2 fully saturated rings. The van der Waals surface area contributed by atoms with E-state index in [9.17, 15) is 14.4 Å². The summed E-state index contributed by atoms with van der Waals surface area (Å²) in [5.74, 6) is -1.56. The van der Waals surface area contributed by atoms with Crippen molar-refractivity contribution in [2.45, 2.75) is 31.7 Å². The lowest BCUT2D eigenvalue weighted by Crippen LogP contribution is -2.58. The van der Waals surface area contributed by atoms with Crippen LogP contribution in [0.25, 0.3) is 0 Å². The van der Waals surface area contributed by atoms with Crippen LogP contribution >= 0.6 is 0 Å². The molecule has 7 nitrogen and oxygen atoms in total. The zero-order chi connectivity index (χ0) is 14.5. The number of amides is 2. The molecule has 2 heterocycles. The minimum absolute atomic E-state index is 0.127. The van der Waals surface area contributed by atoms with Gasteiger partial charge in [0.2, 0.25) is 11.8 Å². The molecule has 0 aromatic rings. The van der Waals surface area contributed by atoms with Gasteiger partial charge in [0.1, 0.15) is 6.04 Å². The van der Waals surface area contributed by atoms with Crippen molar-refractivity contribution in [3.63, 3.8) is 0 Å². The van der Waals surface area contributed by atoms with Gasteiger partial charge in [0.05, 0.1) is 6.42 Å². The van der Waals surface area contributed by atoms with Crippen LogP contribution in [-0.4, -0.2) is 71.5 Å². The Labute approximate surface area is 117 Å². The van der Waals surface area contributed by atoms with E-state index in [4.69, 9.17) is 5.11 Å². The first-order chi connectivity index (χ1) is 9.58. The summed E-state index contributed by atoms with van der Waals surface area (Å²) in [6, 6.07) is -0.868. The molecule has 0 saturated carbocycles. The number of carbonyl (C=O) groups excluding carboxylic acids is 2. The maximum Gasteiger partial charge on any atom is 0.305 e. The fraction of sp³-hybridized carbons (Fsp3) is 0.769. The van der Waals surface area contributed by atoms with Crippen LogP contribution in [0.15, 0.2) is 0 Å². The summed E-state index contributed by atoms with van der Waals surface area (Å²) in [5.41, 5.74) is 0. The van der Waals surface area contributed by atoms with Gasteiger partial charge in [-0.2, -0.15) is 0 Å². The summed E-state index contributed by atoms with van der Waals surface area (Å²) in [4.78, 5) is 38.4. The minimum Gasteiger partial charge on any atom is -0.481 e. The number of carbonyl (C=O) groups is 3. The van der Waals surface area contributed by atoms with Crippen molar-refractivity contribution >= 4 is 17.8 Å². The van der Waals surface area contributed by atoms with Crippen LogP contribution < -0.4 is 5.32 Å². The molecular weight excluding hydrogens is 262 g/mol. The number of rotatable bonds is 5. The number of hydrogen-bond donors (Lipinski definition) is 2. The van der Waals surface area contributed by atoms with Crippen molar-refractivity contribution in [1.29, 1.82) is 0 Å². The average molecular weight is 283 g/mol. The quantitative estimate of drug-likeness (QED) is 0.694. The van der Waals surface area contributed by atoms with Crippen LogP contribution in [0, 0.1) is 0 Å². The first kappa shape index (κ1) is 14.8. The van der Waals surface area contributed by atoms with E-state index in [0.717, 1.165) is 13.1 Å². The van der Waals surface area contributed by atoms with E-state index in [-0.39, 0.29) is 18.2 Å². The van der Waals surface area contributed by atoms with Gasteiger partial charge in [0.25, 0.3) is 0 Å². The summed E-state index contributed by atoms with van der Waals surface area (Å²) >= 11 is 0. The van der Waals surface area contributed by atoms with Gasteiger partial charge in [0, 0.05) is 26.1 Å². The maximum atomic E-state index is 12.2. The zero-order valence-corrected chi connectivity index (χ0v) is 11.5. The number of hydrogen-bond acceptors (Lipinski definition) is 4. The third-order valence-electron chi connectivity index (χ3n) is 3.86. The third kappa shape index (κ3) is 3.69. The summed E-state index contributed by atoms with van der Waals surface area (Å²) < 4.78 is 0. The number of nitrogens with one attached hydrogen (secondary N) is 1. The first-order valence-corrected chi connectivity index (χ1v) is 7.09. The molecule has 0 radical (unpaired) electrons. The van der Waals surface area contributed by atoms with E-state index in [1.165, 1.54) is 17.7 Å². The molecule has 0 bridgehead atoms. The SMILES string of the molecule is O=C(O)CC1C(=O)NCCN1C(=O)CCN1CCCC1. The Balaban J connectivity index is 1.90. The van der Waals surface area contributed by atoms with E-state index in [1.54, 1.807) is 0 Å². The highest BCUT2D eigenvalue weighted by atomic mass is 16.4. The number of carboxylic acids is 1. The van der Waals surface area contributed by atoms with Gasteiger partial charge in [0.15, 0.2) is 0 Å². The van der Waals surface area contributed by atoms with Gasteiger partial charge in [-0.25, -0.2) is 0 Å². The molecule has 2 aliphatic heterocycles. The summed E-state index contributed by atoms with van der Waals surface area (Å²) in [6.45, 7) is 3.52. The molecule has 0 spiro atoms. The fourth-order valence-electron chi connectivity index (χ4n) is 2.79. The van der Waals surface area contributed by atoms with Crippen molar-refractivity contribution in [3.05, 3.63) is 0 Å². The lowest BCUT2D eigenvalue weighted by molar-refractivity contribution is -0.148. The van der Waals surface area contributed by atoms with Crippen LogP contribution in [-0.2, 0) is 14.4 Å². The van der Waals surface area contributed by atoms with Crippen LogP contribution in [0.2, 0.25) is 0 Å². The molecule has 2 saturated heterocycles. The largest absolute Gasteiger partial charge is 0.481 e. The van der Waals surface area contributed by atoms with Crippen LogP contribution in [0.3, 0.4) is 0 Å². The standard InChI is InChI=1S/C13H21N3O4/c17-11(3-7-15-5-1-2-6-15)16-8-4-14-13(20)10(16)9-12(18)19/h10H,1-9H2,(H,14,20)(H,18,19). The van der Waals surface area contributed by atoms with Crippen molar-refractivity contribution in [2.75, 3.05) is 32.7 Å². The highest BCUT2D eigenvalue weighted by molar-refractivity contribution is 5.91. The molecule has 2 amide bonds. The molecule has 1 atom stereocenters. The van der Waals surface area contributed by atoms with Crippen molar-refractivity contribution in [1.82, 2.24) is 15.1 Å². The second kappa shape index (κ2) is 6.69. The van der Waals surface area contributed by atoms with Crippen molar-refractivity contribution in [3.8, 4) is 0 Å². The van der Waals surface area contributed by atoms with E-state index < -0.39 is 12.0 Å². The number of aliphatic carboxylic acids is 1. The highest BCUT2D eigenvalue weighted by Gasteiger charge is 2.34. The highest BCUT2D eigenvalue weighted by Crippen LogP contribution is 2.13. The summed E-state index contributed by atoms with van der Waals surface area (Å²) in [6.07, 6.45) is 2.36. The summed E-state index contributed by atoms with van der Waals surface area (Å²) in [5, 5.41) is 11.5. The fourth-order valence-corrected chi connectivity index (χ4v) is 2.79. The molecular formula is C13H21N3O4. The molecule has 2 N–H and O–H groups in total. The lowest BCUT2D eigenvalue weighted by atomic mass is 10.1. The monoisotopic (exact) mass is 283 g/mol. The Kier molecular flexibility index (Phi) is 4.94. The minimum atomic E-state index is -1.07. The third-order valence-corrected chi connectivity index (χ3v) is 3.86. The van der Waals surface area contributed by atoms with Gasteiger partial charge >= 0.3 is 5.97 Å². The molecule has 0 aromatic carbocycles. The topological polar surface area (TPSA) is 89.9 Å². The predicted molar refractivity (Wildman–Crippen MR) is 71.1 cm³/mol. The second-order valence-corrected chi connectivity index (χ2v) is 5.29. The van der Waals surface area contributed by atoms with Gasteiger partial charge in [-0.1, -0.05) is 0 Å². The van der Waals surface area contributed by atoms with E-state index in [2.05, 4.69) is 10.2 Å². The van der Waals surface area contributed by atoms with Gasteiger partial charge in [-0.05, 0) is 25.9 Å². The van der Waals surface area contributed by atoms with Crippen LogP contribution in [0.5, 0.6) is 0 Å². The Morgan fingerprint density at radius 2 is 1.95 bits per heavy atom. The number of piperazine rings is 1. The van der Waals surface area contributed by atoms with Gasteiger partial charge < -0.3 is 20.2 Å².